The molecule has 3 fully saturated rings. The van der Waals surface area contributed by atoms with Crippen LogP contribution in [0.25, 0.3) is 5.53 Å². The molecule has 0 heterocycles. The van der Waals surface area contributed by atoms with E-state index < -0.39 is 0 Å². The number of oxime groups is 1. The summed E-state index contributed by atoms with van der Waals surface area (Å²) in [5, 5.41) is 14.0. The van der Waals surface area contributed by atoms with Crippen LogP contribution in [0, 0.1) is 10.8 Å². The van der Waals surface area contributed by atoms with E-state index in [1.54, 1.807) is 0 Å². The third-order valence-corrected chi connectivity index (χ3v) is 4.33. The van der Waals surface area contributed by atoms with Crippen LogP contribution >= 0.6 is 0 Å². The van der Waals surface area contributed by atoms with Crippen LogP contribution in [-0.2, 0) is 0 Å². The third kappa shape index (κ3) is 1.24. The molecule has 3 aliphatic carbocycles. The molecule has 0 unspecified atom stereocenters. The van der Waals surface area contributed by atoms with Crippen molar-refractivity contribution in [3.63, 3.8) is 0 Å². The molecular weight excluding hydrogens is 178 g/mol. The Balaban J connectivity index is 2.23. The quantitative estimate of drug-likeness (QED) is 0.213. The second-order valence-corrected chi connectivity index (χ2v) is 5.15. The maximum absolute atomic E-state index is 8.92. The van der Waals surface area contributed by atoms with Gasteiger partial charge in [0.05, 0.1) is 5.41 Å². The largest absolute Gasteiger partial charge is 0.614 e. The van der Waals surface area contributed by atoms with Crippen LogP contribution in [-0.4, -0.2) is 11.0 Å². The molecule has 0 atom stereocenters. The number of fused-ring (bicyclic) bond motifs is 3. The van der Waals surface area contributed by atoms with Gasteiger partial charge < -0.3 is 15.9 Å². The number of rotatable bonds is 1. The summed E-state index contributed by atoms with van der Waals surface area (Å²) >= 11 is 0. The van der Waals surface area contributed by atoms with Crippen molar-refractivity contribution in [1.29, 1.82) is 0 Å². The van der Waals surface area contributed by atoms with E-state index in [0.717, 1.165) is 19.3 Å². The predicted octanol–water partition coefficient (Wildman–Crippen LogP) is 1.24. The van der Waals surface area contributed by atoms with Crippen molar-refractivity contribution in [1.82, 2.24) is 0 Å². The van der Waals surface area contributed by atoms with Crippen LogP contribution in [0.3, 0.4) is 0 Å². The fourth-order valence-corrected chi connectivity index (χ4v) is 2.98. The van der Waals surface area contributed by atoms with Crippen molar-refractivity contribution in [2.24, 2.45) is 16.0 Å². The number of amidine groups is 1. The first-order valence-corrected chi connectivity index (χ1v) is 5.27. The number of nitrogens with one attached hydrogen (secondary N) is 1. The minimum atomic E-state index is -0.0821. The second-order valence-electron chi connectivity index (χ2n) is 5.15. The van der Waals surface area contributed by atoms with Crippen molar-refractivity contribution in [3.05, 3.63) is 5.53 Å². The Hall–Kier alpha value is -0.930. The monoisotopic (exact) mass is 195 g/mol. The van der Waals surface area contributed by atoms with Crippen LogP contribution in [0.2, 0.25) is 0 Å². The molecule has 0 saturated heterocycles. The van der Waals surface area contributed by atoms with Gasteiger partial charge in [-0.15, -0.1) is 0 Å². The smallest absolute Gasteiger partial charge is 0.334 e. The van der Waals surface area contributed by atoms with Gasteiger partial charge in [0, 0.05) is 0 Å². The number of nitrogens with zero attached hydrogens (tertiary/aromatic N) is 2. The molecule has 2 bridgehead atoms. The highest BCUT2D eigenvalue weighted by atomic mass is 16.4. The van der Waals surface area contributed by atoms with Crippen LogP contribution in [0.1, 0.15) is 45.4 Å². The molecule has 3 rings (SSSR count). The van der Waals surface area contributed by atoms with E-state index in [4.69, 9.17) is 10.7 Å². The minimum Gasteiger partial charge on any atom is -0.614 e. The van der Waals surface area contributed by atoms with Crippen molar-refractivity contribution in [2.75, 3.05) is 0 Å². The molecule has 4 heteroatoms. The average Bonchev–Trinajstić information content (AvgIpc) is 2.22. The van der Waals surface area contributed by atoms with E-state index in [1.807, 2.05) is 0 Å². The highest BCUT2D eigenvalue weighted by Gasteiger charge is 2.52. The molecule has 0 aromatic rings. The van der Waals surface area contributed by atoms with Gasteiger partial charge in [-0.05, 0) is 43.9 Å². The first-order chi connectivity index (χ1) is 6.64. The Morgan fingerprint density at radius 1 is 1.21 bits per heavy atom. The Kier molecular flexibility index (Phi) is 2.09. The first kappa shape index (κ1) is 9.62. The molecular formula is C10H17N3O. The van der Waals surface area contributed by atoms with Crippen molar-refractivity contribution in [2.45, 2.75) is 45.4 Å². The Morgan fingerprint density at radius 2 is 1.71 bits per heavy atom. The van der Waals surface area contributed by atoms with Crippen molar-refractivity contribution < 1.29 is 10.3 Å². The number of hydrogen-bond donors (Lipinski definition) is 2. The summed E-state index contributed by atoms with van der Waals surface area (Å²) in [6, 6.07) is 0. The predicted molar refractivity (Wildman–Crippen MR) is 51.8 cm³/mol. The second kappa shape index (κ2) is 3.04. The van der Waals surface area contributed by atoms with E-state index in [-0.39, 0.29) is 5.41 Å². The molecule has 0 aromatic carbocycles. The summed E-state index contributed by atoms with van der Waals surface area (Å²) in [4.78, 5) is 0. The van der Waals surface area contributed by atoms with Gasteiger partial charge in [-0.2, -0.15) is 0 Å². The maximum atomic E-state index is 8.92. The zero-order valence-corrected chi connectivity index (χ0v) is 8.58. The molecule has 2 N–H and O–H groups in total. The van der Waals surface area contributed by atoms with Gasteiger partial charge in [0.25, 0.3) is 0 Å². The zero-order valence-electron chi connectivity index (χ0n) is 8.58. The van der Waals surface area contributed by atoms with Gasteiger partial charge in [-0.25, -0.2) is 0 Å². The molecule has 4 nitrogen and oxygen atoms in total. The lowest BCUT2D eigenvalue weighted by Gasteiger charge is -2.49. The van der Waals surface area contributed by atoms with Gasteiger partial charge in [0.15, 0.2) is 0 Å². The summed E-state index contributed by atoms with van der Waals surface area (Å²) < 4.78 is 0. The van der Waals surface area contributed by atoms with E-state index in [2.05, 4.69) is 17.2 Å². The zero-order chi connectivity index (χ0) is 10.2. The van der Waals surface area contributed by atoms with Crippen LogP contribution in [0.15, 0.2) is 5.16 Å². The summed E-state index contributed by atoms with van der Waals surface area (Å²) in [5.74, 6) is 0.360. The lowest BCUT2D eigenvalue weighted by Crippen LogP contribution is -2.75. The van der Waals surface area contributed by atoms with E-state index >= 15 is 0 Å². The fourth-order valence-electron chi connectivity index (χ4n) is 2.98. The molecule has 78 valence electrons. The summed E-state index contributed by atoms with van der Waals surface area (Å²) in [7, 11) is 0. The maximum Gasteiger partial charge on any atom is 0.334 e. The highest BCUT2D eigenvalue weighted by Crippen LogP contribution is 2.56. The summed E-state index contributed by atoms with van der Waals surface area (Å²) in [6.07, 6.45) is 6.60. The van der Waals surface area contributed by atoms with Crippen molar-refractivity contribution in [3.8, 4) is 0 Å². The molecule has 0 amide bonds. The molecule has 0 aliphatic heterocycles. The molecule has 14 heavy (non-hydrogen) atoms. The van der Waals surface area contributed by atoms with Crippen LogP contribution in [0.5, 0.6) is 0 Å². The Labute approximate surface area is 83.9 Å². The van der Waals surface area contributed by atoms with Gasteiger partial charge in [-0.1, -0.05) is 6.92 Å². The Morgan fingerprint density at radius 3 is 2.07 bits per heavy atom. The topological polar surface area (TPSA) is 68.9 Å². The van der Waals surface area contributed by atoms with Gasteiger partial charge in [0.1, 0.15) is 5.16 Å². The molecule has 0 spiro atoms. The van der Waals surface area contributed by atoms with Gasteiger partial charge in [0.2, 0.25) is 0 Å². The standard InChI is InChI=1S/C10H17N3O/c1-9-2-5-10(6-3-9,7-4-9)8(12-11)13-14/h12,14H,2-7H2,1H3/b13-8-. The highest BCUT2D eigenvalue weighted by molar-refractivity contribution is 5.78. The molecule has 3 saturated carbocycles. The van der Waals surface area contributed by atoms with Crippen molar-refractivity contribution >= 4 is 5.84 Å². The number of hydrogen-bond acceptors (Lipinski definition) is 2. The summed E-state index contributed by atoms with van der Waals surface area (Å²) in [6.45, 7) is 2.33. The van der Waals surface area contributed by atoms with Gasteiger partial charge >= 0.3 is 5.84 Å². The summed E-state index contributed by atoms with van der Waals surface area (Å²) in [5.41, 5.74) is 9.33. The lowest BCUT2D eigenvalue weighted by molar-refractivity contribution is -0.360. The first-order valence-electron chi connectivity index (χ1n) is 5.27. The van der Waals surface area contributed by atoms with Crippen LogP contribution in [0.4, 0.5) is 0 Å². The minimum absolute atomic E-state index is 0.0821. The third-order valence-electron chi connectivity index (χ3n) is 4.33. The van der Waals surface area contributed by atoms with Gasteiger partial charge in [-0.3, -0.25) is 0 Å². The fraction of sp³-hybridized carbons (Fsp3) is 0.900. The normalized spacial score (nSPS) is 42.5. The molecule has 3 aliphatic rings. The molecule has 0 aromatic heterocycles. The van der Waals surface area contributed by atoms with E-state index in [1.165, 1.54) is 19.3 Å². The SMILES string of the molecule is CC12CCC(/C(=N/O)[NH+]=[N-])(CC1)CC2. The molecule has 0 radical (unpaired) electrons. The lowest BCUT2D eigenvalue weighted by atomic mass is 9.54. The van der Waals surface area contributed by atoms with E-state index in [9.17, 15) is 0 Å². The Bertz CT molecular complexity index is 261. The van der Waals surface area contributed by atoms with Crippen LogP contribution < -0.4 is 5.11 Å². The average molecular weight is 195 g/mol. The van der Waals surface area contributed by atoms with E-state index in [0.29, 0.717) is 11.3 Å².